The molecule has 1 fully saturated rings. The van der Waals surface area contributed by atoms with Crippen molar-refractivity contribution in [3.8, 4) is 11.5 Å². The van der Waals surface area contributed by atoms with Gasteiger partial charge in [-0.3, -0.25) is 19.8 Å². The minimum atomic E-state index is -0.567. The summed E-state index contributed by atoms with van der Waals surface area (Å²) in [5.74, 6) is -0.767. The minimum Gasteiger partial charge on any atom is -0.504 e. The highest BCUT2D eigenvalue weighted by atomic mass is 127. The predicted octanol–water partition coefficient (Wildman–Crippen LogP) is 3.79. The number of phenolic OH excluding ortho intramolecular Hbond substituents is 1. The number of benzene rings is 2. The van der Waals surface area contributed by atoms with Crippen molar-refractivity contribution in [1.82, 2.24) is 5.32 Å². The van der Waals surface area contributed by atoms with Gasteiger partial charge in [-0.05, 0) is 89.6 Å². The van der Waals surface area contributed by atoms with Crippen molar-refractivity contribution < 1.29 is 19.4 Å². The fraction of sp³-hybridized carbons (Fsp3) is 0.190. The summed E-state index contributed by atoms with van der Waals surface area (Å²) in [4.78, 5) is 26.9. The second-order valence-corrected chi connectivity index (χ2v) is 7.81. The lowest BCUT2D eigenvalue weighted by Gasteiger charge is -2.29. The van der Waals surface area contributed by atoms with E-state index in [0.29, 0.717) is 21.4 Å². The van der Waals surface area contributed by atoms with Crippen molar-refractivity contribution in [3.63, 3.8) is 0 Å². The van der Waals surface area contributed by atoms with Crippen LogP contribution in [-0.4, -0.2) is 28.6 Å². The minimum absolute atomic E-state index is 0.0211. The lowest BCUT2D eigenvalue weighted by Crippen LogP contribution is -2.54. The SMILES string of the molecule is CCOc1cc(/C=C2\C(=O)NC(=S)N(c3ccc(CC)cc3)C2=O)cc(I)c1O. The smallest absolute Gasteiger partial charge is 0.270 e. The summed E-state index contributed by atoms with van der Waals surface area (Å²) in [5.41, 5.74) is 2.22. The Hall–Kier alpha value is -2.46. The first-order valence-corrected chi connectivity index (χ1v) is 10.5. The summed E-state index contributed by atoms with van der Waals surface area (Å²) < 4.78 is 5.98. The van der Waals surface area contributed by atoms with E-state index < -0.39 is 11.8 Å². The molecular weight excluding hydrogens is 503 g/mol. The maximum atomic E-state index is 13.1. The van der Waals surface area contributed by atoms with E-state index in [-0.39, 0.29) is 22.2 Å². The van der Waals surface area contributed by atoms with Crippen LogP contribution < -0.4 is 15.0 Å². The van der Waals surface area contributed by atoms with Crippen molar-refractivity contribution >= 4 is 63.5 Å². The summed E-state index contributed by atoms with van der Waals surface area (Å²) in [7, 11) is 0. The lowest BCUT2D eigenvalue weighted by atomic mass is 10.1. The third-order valence-corrected chi connectivity index (χ3v) is 5.47. The van der Waals surface area contributed by atoms with E-state index in [1.807, 2.05) is 41.6 Å². The Morgan fingerprint density at radius 2 is 1.90 bits per heavy atom. The predicted molar refractivity (Wildman–Crippen MR) is 124 cm³/mol. The van der Waals surface area contributed by atoms with E-state index in [0.717, 1.165) is 12.0 Å². The maximum absolute atomic E-state index is 13.1. The first-order chi connectivity index (χ1) is 13.8. The Morgan fingerprint density at radius 1 is 1.21 bits per heavy atom. The van der Waals surface area contributed by atoms with Crippen molar-refractivity contribution in [2.45, 2.75) is 20.3 Å². The number of hydrogen-bond acceptors (Lipinski definition) is 5. The molecule has 0 atom stereocenters. The average Bonchev–Trinajstić information content (AvgIpc) is 2.69. The molecule has 0 spiro atoms. The zero-order valence-corrected chi connectivity index (χ0v) is 18.8. The molecule has 1 aliphatic heterocycles. The summed E-state index contributed by atoms with van der Waals surface area (Å²) >= 11 is 7.19. The molecule has 1 saturated heterocycles. The Morgan fingerprint density at radius 3 is 2.52 bits per heavy atom. The highest BCUT2D eigenvalue weighted by molar-refractivity contribution is 14.1. The van der Waals surface area contributed by atoms with Gasteiger partial charge in [0.25, 0.3) is 11.8 Å². The molecule has 6 nitrogen and oxygen atoms in total. The van der Waals surface area contributed by atoms with Gasteiger partial charge in [0, 0.05) is 0 Å². The number of ether oxygens (including phenoxy) is 1. The van der Waals surface area contributed by atoms with Crippen LogP contribution in [0.4, 0.5) is 5.69 Å². The van der Waals surface area contributed by atoms with Gasteiger partial charge in [-0.1, -0.05) is 19.1 Å². The van der Waals surface area contributed by atoms with Crippen LogP contribution in [-0.2, 0) is 16.0 Å². The first-order valence-electron chi connectivity index (χ1n) is 9.01. The van der Waals surface area contributed by atoms with E-state index in [2.05, 4.69) is 5.32 Å². The fourth-order valence-electron chi connectivity index (χ4n) is 2.88. The van der Waals surface area contributed by atoms with Gasteiger partial charge in [-0.25, -0.2) is 0 Å². The number of nitrogens with one attached hydrogen (secondary N) is 1. The molecule has 2 amide bonds. The zero-order chi connectivity index (χ0) is 21.1. The summed E-state index contributed by atoms with van der Waals surface area (Å²) in [6.45, 7) is 4.22. The van der Waals surface area contributed by atoms with E-state index in [9.17, 15) is 14.7 Å². The van der Waals surface area contributed by atoms with Crippen LogP contribution in [0.5, 0.6) is 11.5 Å². The standard InChI is InChI=1S/C21H19IN2O4S/c1-3-12-5-7-14(8-6-12)24-20(27)15(19(26)23-21(24)29)9-13-10-16(22)18(25)17(11-13)28-4-2/h5-11,25H,3-4H2,1-2H3,(H,23,26,29)/b15-9+. The van der Waals surface area contributed by atoms with E-state index in [4.69, 9.17) is 17.0 Å². The molecule has 1 aliphatic rings. The molecular formula is C21H19IN2O4S. The van der Waals surface area contributed by atoms with Crippen LogP contribution in [0.15, 0.2) is 42.0 Å². The number of halogens is 1. The fourth-order valence-corrected chi connectivity index (χ4v) is 3.79. The molecule has 8 heteroatoms. The molecule has 0 saturated carbocycles. The number of aromatic hydroxyl groups is 1. The Balaban J connectivity index is 2.01. The number of amides is 2. The van der Waals surface area contributed by atoms with Crippen molar-refractivity contribution in [3.05, 3.63) is 56.7 Å². The van der Waals surface area contributed by atoms with Crippen molar-refractivity contribution in [1.29, 1.82) is 0 Å². The number of carbonyl (C=O) groups excluding carboxylic acids is 2. The Bertz CT molecular complexity index is 1020. The first kappa shape index (κ1) is 21.3. The van der Waals surface area contributed by atoms with Crippen LogP contribution in [0.25, 0.3) is 6.08 Å². The summed E-state index contributed by atoms with van der Waals surface area (Å²) in [6, 6.07) is 10.7. The topological polar surface area (TPSA) is 78.9 Å². The molecule has 2 aromatic rings. The van der Waals surface area contributed by atoms with Gasteiger partial charge in [0.2, 0.25) is 0 Å². The van der Waals surface area contributed by atoms with Crippen molar-refractivity contribution in [2.24, 2.45) is 0 Å². The molecule has 1 heterocycles. The number of phenols is 1. The molecule has 2 N–H and O–H groups in total. The molecule has 29 heavy (non-hydrogen) atoms. The molecule has 150 valence electrons. The van der Waals surface area contributed by atoms with Gasteiger partial charge in [-0.15, -0.1) is 0 Å². The van der Waals surface area contributed by atoms with Gasteiger partial charge >= 0.3 is 0 Å². The van der Waals surface area contributed by atoms with E-state index >= 15 is 0 Å². The third-order valence-electron chi connectivity index (χ3n) is 4.37. The number of aryl methyl sites for hydroxylation is 1. The summed E-state index contributed by atoms with van der Waals surface area (Å²) in [5, 5.41) is 12.7. The molecule has 0 bridgehead atoms. The second-order valence-electron chi connectivity index (χ2n) is 6.26. The van der Waals surface area contributed by atoms with Gasteiger partial charge in [0.1, 0.15) is 5.57 Å². The maximum Gasteiger partial charge on any atom is 0.270 e. The lowest BCUT2D eigenvalue weighted by molar-refractivity contribution is -0.122. The number of anilines is 1. The number of hydrogen-bond donors (Lipinski definition) is 2. The van der Waals surface area contributed by atoms with Gasteiger partial charge in [0.15, 0.2) is 16.6 Å². The number of nitrogens with zero attached hydrogens (tertiary/aromatic N) is 1. The van der Waals surface area contributed by atoms with Gasteiger partial charge in [0.05, 0.1) is 15.9 Å². The van der Waals surface area contributed by atoms with E-state index in [1.165, 1.54) is 11.0 Å². The monoisotopic (exact) mass is 522 g/mol. The Labute approximate surface area is 187 Å². The molecule has 0 radical (unpaired) electrons. The second kappa shape index (κ2) is 8.91. The van der Waals surface area contributed by atoms with Crippen LogP contribution in [0.1, 0.15) is 25.0 Å². The molecule has 2 aromatic carbocycles. The highest BCUT2D eigenvalue weighted by Gasteiger charge is 2.34. The molecule has 0 unspecified atom stereocenters. The normalized spacial score (nSPS) is 15.6. The number of carbonyl (C=O) groups is 2. The highest BCUT2D eigenvalue weighted by Crippen LogP contribution is 2.34. The number of thiocarbonyl (C=S) groups is 1. The Kier molecular flexibility index (Phi) is 6.53. The van der Waals surface area contributed by atoms with Gasteiger partial charge in [-0.2, -0.15) is 0 Å². The molecule has 0 aromatic heterocycles. The zero-order valence-electron chi connectivity index (χ0n) is 15.9. The quantitative estimate of drug-likeness (QED) is 0.271. The van der Waals surface area contributed by atoms with Crippen LogP contribution in [0, 0.1) is 3.57 Å². The van der Waals surface area contributed by atoms with Gasteiger partial charge < -0.3 is 9.84 Å². The van der Waals surface area contributed by atoms with E-state index in [1.54, 1.807) is 31.2 Å². The van der Waals surface area contributed by atoms with Crippen LogP contribution in [0.3, 0.4) is 0 Å². The van der Waals surface area contributed by atoms with Crippen LogP contribution >= 0.6 is 34.8 Å². The third kappa shape index (κ3) is 4.43. The summed E-state index contributed by atoms with van der Waals surface area (Å²) in [6.07, 6.45) is 2.35. The van der Waals surface area contributed by atoms with Crippen molar-refractivity contribution in [2.75, 3.05) is 11.5 Å². The molecule has 0 aliphatic carbocycles. The number of rotatable bonds is 5. The average molecular weight is 522 g/mol. The largest absolute Gasteiger partial charge is 0.504 e. The van der Waals surface area contributed by atoms with Crippen LogP contribution in [0.2, 0.25) is 0 Å². The molecule has 3 rings (SSSR count).